The highest BCUT2D eigenvalue weighted by Gasteiger charge is 2.14. The maximum atomic E-state index is 6.10. The van der Waals surface area contributed by atoms with Crippen LogP contribution in [0.3, 0.4) is 0 Å². The Morgan fingerprint density at radius 1 is 0.556 bits per heavy atom. The summed E-state index contributed by atoms with van der Waals surface area (Å²) in [7, 11) is 1.69. The molecule has 0 aliphatic rings. The van der Waals surface area contributed by atoms with Gasteiger partial charge in [-0.1, -0.05) is 84.4 Å². The zero-order valence-electron chi connectivity index (χ0n) is 15.0. The van der Waals surface area contributed by atoms with E-state index in [0.29, 0.717) is 0 Å². The summed E-state index contributed by atoms with van der Waals surface area (Å²) in [4.78, 5) is 0. The van der Waals surface area contributed by atoms with Crippen molar-refractivity contribution in [1.82, 2.24) is 0 Å². The van der Waals surface area contributed by atoms with Gasteiger partial charge in [-0.25, -0.2) is 0 Å². The maximum absolute atomic E-state index is 6.10. The molecule has 0 aliphatic carbocycles. The molecule has 0 aromatic heterocycles. The van der Waals surface area contributed by atoms with E-state index in [0.717, 1.165) is 21.9 Å². The minimum atomic E-state index is 0.740. The fourth-order valence-electron chi connectivity index (χ4n) is 3.35. The zero-order valence-corrected chi connectivity index (χ0v) is 15.8. The van der Waals surface area contributed by atoms with Gasteiger partial charge in [-0.2, -0.15) is 0 Å². The molecule has 4 rings (SSSR count). The van der Waals surface area contributed by atoms with E-state index in [9.17, 15) is 0 Å². The summed E-state index contributed by atoms with van der Waals surface area (Å²) >= 11 is 6.10. The smallest absolute Gasteiger partial charge is 0.118 e. The Labute approximate surface area is 164 Å². The third kappa shape index (κ3) is 3.60. The number of ether oxygens (including phenoxy) is 1. The zero-order chi connectivity index (χ0) is 18.6. The average Bonchev–Trinajstić information content (AvgIpc) is 2.74. The Hall–Kier alpha value is -3.03. The lowest BCUT2D eigenvalue weighted by atomic mass is 9.87. The molecule has 2 heteroatoms. The number of benzene rings is 4. The van der Waals surface area contributed by atoms with Crippen molar-refractivity contribution in [2.45, 2.75) is 0 Å². The van der Waals surface area contributed by atoms with E-state index >= 15 is 0 Å². The molecular weight excluding hydrogens is 352 g/mol. The molecule has 4 aromatic carbocycles. The fourth-order valence-corrected chi connectivity index (χ4v) is 3.48. The molecular formula is C25H19ClO. The quantitative estimate of drug-likeness (QED) is 0.365. The molecule has 0 radical (unpaired) electrons. The lowest BCUT2D eigenvalue weighted by Gasteiger charge is -2.16. The Morgan fingerprint density at radius 3 is 1.70 bits per heavy atom. The summed E-state index contributed by atoms with van der Waals surface area (Å²) in [5.41, 5.74) is 7.07. The molecule has 0 saturated carbocycles. The van der Waals surface area contributed by atoms with E-state index in [1.165, 1.54) is 22.3 Å². The van der Waals surface area contributed by atoms with Crippen molar-refractivity contribution in [2.24, 2.45) is 0 Å². The van der Waals surface area contributed by atoms with E-state index in [2.05, 4.69) is 66.7 Å². The van der Waals surface area contributed by atoms with Crippen molar-refractivity contribution in [3.63, 3.8) is 0 Å². The van der Waals surface area contributed by atoms with Crippen LogP contribution in [0.1, 0.15) is 0 Å². The molecule has 0 atom stereocenters. The summed E-state index contributed by atoms with van der Waals surface area (Å²) < 4.78 is 5.33. The van der Waals surface area contributed by atoms with Crippen molar-refractivity contribution in [2.75, 3.05) is 7.11 Å². The van der Waals surface area contributed by atoms with Gasteiger partial charge >= 0.3 is 0 Å². The van der Waals surface area contributed by atoms with Gasteiger partial charge in [0.05, 0.1) is 7.11 Å². The summed E-state index contributed by atoms with van der Waals surface area (Å²) in [6.45, 7) is 0. The topological polar surface area (TPSA) is 9.23 Å². The molecule has 0 saturated heterocycles. The summed E-state index contributed by atoms with van der Waals surface area (Å²) in [6.07, 6.45) is 0. The number of rotatable bonds is 4. The first-order chi connectivity index (χ1) is 13.3. The first-order valence-electron chi connectivity index (χ1n) is 8.85. The summed E-state index contributed by atoms with van der Waals surface area (Å²) in [5.74, 6) is 0.851. The maximum Gasteiger partial charge on any atom is 0.118 e. The lowest BCUT2D eigenvalue weighted by molar-refractivity contribution is 0.415. The normalized spacial score (nSPS) is 10.6. The third-order valence-electron chi connectivity index (χ3n) is 4.68. The van der Waals surface area contributed by atoms with Crippen LogP contribution in [0, 0.1) is 0 Å². The second-order valence-electron chi connectivity index (χ2n) is 6.33. The lowest BCUT2D eigenvalue weighted by Crippen LogP contribution is -1.91. The van der Waals surface area contributed by atoms with Gasteiger partial charge in [0.15, 0.2) is 0 Å². The molecule has 0 aliphatic heterocycles. The molecule has 1 nitrogen and oxygen atoms in total. The van der Waals surface area contributed by atoms with Gasteiger partial charge in [-0.15, -0.1) is 0 Å². The van der Waals surface area contributed by atoms with Gasteiger partial charge in [0.1, 0.15) is 5.75 Å². The summed E-state index contributed by atoms with van der Waals surface area (Å²) in [5, 5.41) is 0.740. The fraction of sp³-hybridized carbons (Fsp3) is 0.0400. The van der Waals surface area contributed by atoms with Crippen LogP contribution in [-0.4, -0.2) is 7.11 Å². The highest BCUT2D eigenvalue weighted by atomic mass is 35.5. The molecule has 0 heterocycles. The number of hydrogen-bond donors (Lipinski definition) is 0. The minimum absolute atomic E-state index is 0.740. The average molecular weight is 371 g/mol. The van der Waals surface area contributed by atoms with E-state index in [4.69, 9.17) is 16.3 Å². The highest BCUT2D eigenvalue weighted by molar-refractivity contribution is 6.30. The van der Waals surface area contributed by atoms with Crippen LogP contribution in [-0.2, 0) is 0 Å². The first kappa shape index (κ1) is 17.4. The Kier molecular flexibility index (Phi) is 4.95. The molecule has 0 fully saturated rings. The molecule has 0 amide bonds. The molecule has 27 heavy (non-hydrogen) atoms. The standard InChI is InChI=1S/C25H19ClO/c1-27-22-16-12-20(13-17-22)25-23(18-6-3-2-4-7-18)8-5-9-24(25)19-10-14-21(26)15-11-19/h2-17H,1H3. The Morgan fingerprint density at radius 2 is 1.11 bits per heavy atom. The predicted molar refractivity (Wildman–Crippen MR) is 114 cm³/mol. The van der Waals surface area contributed by atoms with Crippen molar-refractivity contribution in [3.8, 4) is 39.1 Å². The minimum Gasteiger partial charge on any atom is -0.497 e. The molecule has 0 bridgehead atoms. The monoisotopic (exact) mass is 370 g/mol. The first-order valence-corrected chi connectivity index (χ1v) is 9.23. The Balaban J connectivity index is 1.97. The number of halogens is 1. The van der Waals surface area contributed by atoms with E-state index in [-0.39, 0.29) is 0 Å². The van der Waals surface area contributed by atoms with E-state index in [1.807, 2.05) is 30.3 Å². The van der Waals surface area contributed by atoms with Gasteiger partial charge in [-0.3, -0.25) is 0 Å². The van der Waals surface area contributed by atoms with E-state index in [1.54, 1.807) is 7.11 Å². The Bertz CT molecular complexity index is 1040. The largest absolute Gasteiger partial charge is 0.497 e. The van der Waals surface area contributed by atoms with Crippen LogP contribution in [0.4, 0.5) is 0 Å². The van der Waals surface area contributed by atoms with Crippen molar-refractivity contribution < 1.29 is 4.74 Å². The van der Waals surface area contributed by atoms with Crippen LogP contribution < -0.4 is 4.74 Å². The molecule has 0 spiro atoms. The summed E-state index contributed by atoms with van der Waals surface area (Å²) in [6, 6.07) is 33.2. The molecule has 0 N–H and O–H groups in total. The molecule has 132 valence electrons. The number of hydrogen-bond acceptors (Lipinski definition) is 1. The SMILES string of the molecule is COc1ccc(-c2c(-c3ccccc3)cccc2-c2ccc(Cl)cc2)cc1. The van der Waals surface area contributed by atoms with Crippen LogP contribution in [0.15, 0.2) is 97.1 Å². The second kappa shape index (κ2) is 7.69. The van der Waals surface area contributed by atoms with Gasteiger partial charge in [0.25, 0.3) is 0 Å². The van der Waals surface area contributed by atoms with Crippen LogP contribution >= 0.6 is 11.6 Å². The second-order valence-corrected chi connectivity index (χ2v) is 6.77. The molecule has 4 aromatic rings. The van der Waals surface area contributed by atoms with Crippen molar-refractivity contribution in [1.29, 1.82) is 0 Å². The van der Waals surface area contributed by atoms with Crippen molar-refractivity contribution >= 4 is 11.6 Å². The third-order valence-corrected chi connectivity index (χ3v) is 4.94. The van der Waals surface area contributed by atoms with E-state index < -0.39 is 0 Å². The van der Waals surface area contributed by atoms with Gasteiger partial charge in [0.2, 0.25) is 0 Å². The number of methoxy groups -OCH3 is 1. The van der Waals surface area contributed by atoms with Crippen LogP contribution in [0.25, 0.3) is 33.4 Å². The predicted octanol–water partition coefficient (Wildman–Crippen LogP) is 7.35. The van der Waals surface area contributed by atoms with Gasteiger partial charge < -0.3 is 4.74 Å². The van der Waals surface area contributed by atoms with Crippen molar-refractivity contribution in [3.05, 3.63) is 102 Å². The molecule has 0 unspecified atom stereocenters. The van der Waals surface area contributed by atoms with Gasteiger partial charge in [0, 0.05) is 5.02 Å². The van der Waals surface area contributed by atoms with Crippen LogP contribution in [0.2, 0.25) is 5.02 Å². The van der Waals surface area contributed by atoms with Gasteiger partial charge in [-0.05, 0) is 57.6 Å². The van der Waals surface area contributed by atoms with Crippen LogP contribution in [0.5, 0.6) is 5.75 Å². The highest BCUT2D eigenvalue weighted by Crippen LogP contribution is 2.40.